The monoisotopic (exact) mass is 499 g/mol. The highest BCUT2D eigenvalue weighted by atomic mass is 32.2. The zero-order valence-electron chi connectivity index (χ0n) is 21.0. The SMILES string of the molecule is COc1ccc(S(=O)(=O)N2CCC(NC(=O)CCc3c(C)nc4c(c(C)nn4C)c3C)CC2)cc1. The highest BCUT2D eigenvalue weighted by Crippen LogP contribution is 2.26. The first-order chi connectivity index (χ1) is 16.6. The number of fused-ring (bicyclic) bond motifs is 1. The molecule has 1 N–H and O–H groups in total. The molecular formula is C25H33N5O4S. The maximum Gasteiger partial charge on any atom is 0.243 e. The fourth-order valence-electron chi connectivity index (χ4n) is 4.91. The molecule has 0 aliphatic carbocycles. The van der Waals surface area contributed by atoms with Crippen molar-refractivity contribution < 1.29 is 17.9 Å². The van der Waals surface area contributed by atoms with E-state index in [1.807, 2.05) is 20.9 Å². The largest absolute Gasteiger partial charge is 0.497 e. The molecule has 3 aromatic rings. The number of piperidine rings is 1. The van der Waals surface area contributed by atoms with Crippen LogP contribution in [0.15, 0.2) is 29.2 Å². The van der Waals surface area contributed by atoms with Gasteiger partial charge in [-0.2, -0.15) is 9.40 Å². The normalized spacial score (nSPS) is 15.5. The number of ether oxygens (including phenoxy) is 1. The van der Waals surface area contributed by atoms with Crippen LogP contribution >= 0.6 is 0 Å². The molecule has 4 rings (SSSR count). The van der Waals surface area contributed by atoms with Crippen LogP contribution < -0.4 is 10.1 Å². The first-order valence-electron chi connectivity index (χ1n) is 11.8. The summed E-state index contributed by atoms with van der Waals surface area (Å²) in [5.74, 6) is 0.588. The Balaban J connectivity index is 1.33. The number of benzene rings is 1. The lowest BCUT2D eigenvalue weighted by Gasteiger charge is -2.31. The second kappa shape index (κ2) is 9.94. The van der Waals surface area contributed by atoms with E-state index in [1.54, 1.807) is 36.1 Å². The van der Waals surface area contributed by atoms with E-state index in [4.69, 9.17) is 9.72 Å². The molecule has 3 heterocycles. The Morgan fingerprint density at radius 2 is 1.77 bits per heavy atom. The number of nitrogens with zero attached hydrogens (tertiary/aromatic N) is 4. The lowest BCUT2D eigenvalue weighted by Crippen LogP contribution is -2.46. The summed E-state index contributed by atoms with van der Waals surface area (Å²) >= 11 is 0. The second-order valence-electron chi connectivity index (χ2n) is 9.13. The average Bonchev–Trinajstić information content (AvgIpc) is 3.12. The van der Waals surface area contributed by atoms with Crippen molar-refractivity contribution in [2.24, 2.45) is 7.05 Å². The number of sulfonamides is 1. The van der Waals surface area contributed by atoms with Crippen LogP contribution in [-0.4, -0.2) is 59.6 Å². The van der Waals surface area contributed by atoms with E-state index < -0.39 is 10.0 Å². The number of aryl methyl sites for hydroxylation is 4. The van der Waals surface area contributed by atoms with Crippen molar-refractivity contribution in [1.82, 2.24) is 24.4 Å². The molecule has 10 heteroatoms. The summed E-state index contributed by atoms with van der Waals surface area (Å²) in [6, 6.07) is 6.38. The highest BCUT2D eigenvalue weighted by Gasteiger charge is 2.30. The van der Waals surface area contributed by atoms with Gasteiger partial charge in [0.1, 0.15) is 5.75 Å². The second-order valence-corrected chi connectivity index (χ2v) is 11.1. The van der Waals surface area contributed by atoms with Gasteiger partial charge < -0.3 is 10.1 Å². The Bertz CT molecular complexity index is 1340. The molecule has 1 aromatic carbocycles. The number of nitrogens with one attached hydrogen (secondary N) is 1. The third-order valence-corrected chi connectivity index (χ3v) is 8.76. The van der Waals surface area contributed by atoms with Gasteiger partial charge in [0.15, 0.2) is 5.65 Å². The van der Waals surface area contributed by atoms with Crippen LogP contribution in [0.2, 0.25) is 0 Å². The van der Waals surface area contributed by atoms with Crippen LogP contribution in [0, 0.1) is 20.8 Å². The molecule has 0 atom stereocenters. The Kier molecular flexibility index (Phi) is 7.14. The molecule has 188 valence electrons. The summed E-state index contributed by atoms with van der Waals surface area (Å²) in [7, 11) is -0.129. The van der Waals surface area contributed by atoms with Crippen molar-refractivity contribution in [3.05, 3.63) is 46.8 Å². The standard InChI is InChI=1S/C25H33N5O4S/c1-16-22(17(2)26-25-24(16)18(3)28-29(25)4)10-11-23(31)27-19-12-14-30(15-13-19)35(32,33)21-8-6-20(34-5)7-9-21/h6-9,19H,10-15H2,1-5H3,(H,27,31). The van der Waals surface area contributed by atoms with Gasteiger partial charge in [-0.05, 0) is 75.4 Å². The van der Waals surface area contributed by atoms with Crippen molar-refractivity contribution in [3.8, 4) is 5.75 Å². The minimum atomic E-state index is -3.56. The Hall–Kier alpha value is -2.98. The number of carbonyl (C=O) groups excluding carboxylic acids is 1. The molecule has 1 fully saturated rings. The molecule has 1 amide bonds. The fraction of sp³-hybridized carbons (Fsp3) is 0.480. The molecule has 0 radical (unpaired) electrons. The molecule has 0 unspecified atom stereocenters. The van der Waals surface area contributed by atoms with E-state index in [9.17, 15) is 13.2 Å². The molecule has 0 spiro atoms. The van der Waals surface area contributed by atoms with E-state index >= 15 is 0 Å². The topological polar surface area (TPSA) is 106 Å². The van der Waals surface area contributed by atoms with Gasteiger partial charge in [-0.25, -0.2) is 13.4 Å². The first kappa shape index (κ1) is 25.1. The van der Waals surface area contributed by atoms with Crippen molar-refractivity contribution >= 4 is 27.0 Å². The summed E-state index contributed by atoms with van der Waals surface area (Å²) in [6.45, 7) is 6.76. The number of hydrogen-bond acceptors (Lipinski definition) is 6. The van der Waals surface area contributed by atoms with Gasteiger partial charge in [-0.1, -0.05) is 0 Å². The number of carbonyl (C=O) groups is 1. The maximum absolute atomic E-state index is 12.9. The molecule has 1 aliphatic rings. The third-order valence-electron chi connectivity index (χ3n) is 6.85. The summed E-state index contributed by atoms with van der Waals surface area (Å²) < 4.78 is 34.3. The number of pyridine rings is 1. The molecule has 0 saturated carbocycles. The van der Waals surface area contributed by atoms with E-state index in [1.165, 1.54) is 4.31 Å². The van der Waals surface area contributed by atoms with E-state index in [-0.39, 0.29) is 16.8 Å². The van der Waals surface area contributed by atoms with Gasteiger partial charge in [-0.15, -0.1) is 0 Å². The van der Waals surface area contributed by atoms with Crippen LogP contribution in [0.1, 0.15) is 41.8 Å². The van der Waals surface area contributed by atoms with Crippen molar-refractivity contribution in [2.75, 3.05) is 20.2 Å². The number of methoxy groups -OCH3 is 1. The van der Waals surface area contributed by atoms with Gasteiger partial charge in [0.2, 0.25) is 15.9 Å². The van der Waals surface area contributed by atoms with Crippen LogP contribution in [-0.2, 0) is 28.3 Å². The van der Waals surface area contributed by atoms with Gasteiger partial charge >= 0.3 is 0 Å². The van der Waals surface area contributed by atoms with Crippen molar-refractivity contribution in [2.45, 2.75) is 57.4 Å². The number of rotatable bonds is 7. The number of aromatic nitrogens is 3. The van der Waals surface area contributed by atoms with Gasteiger partial charge in [0, 0.05) is 43.7 Å². The molecule has 35 heavy (non-hydrogen) atoms. The van der Waals surface area contributed by atoms with Crippen molar-refractivity contribution in [1.29, 1.82) is 0 Å². The molecule has 2 aromatic heterocycles. The summed E-state index contributed by atoms with van der Waals surface area (Å²) in [5, 5.41) is 8.63. The minimum Gasteiger partial charge on any atom is -0.497 e. The smallest absolute Gasteiger partial charge is 0.243 e. The number of amides is 1. The summed E-state index contributed by atoms with van der Waals surface area (Å²) in [6.07, 6.45) is 2.13. The quantitative estimate of drug-likeness (QED) is 0.536. The van der Waals surface area contributed by atoms with E-state index in [2.05, 4.69) is 17.3 Å². The predicted molar refractivity (Wildman–Crippen MR) is 134 cm³/mol. The lowest BCUT2D eigenvalue weighted by molar-refractivity contribution is -0.122. The molecular weight excluding hydrogens is 466 g/mol. The molecule has 0 bridgehead atoms. The van der Waals surface area contributed by atoms with Crippen molar-refractivity contribution in [3.63, 3.8) is 0 Å². The predicted octanol–water partition coefficient (Wildman–Crippen LogP) is 2.80. The Morgan fingerprint density at radius 1 is 1.11 bits per heavy atom. The third kappa shape index (κ3) is 5.04. The lowest BCUT2D eigenvalue weighted by atomic mass is 9.99. The number of hydrogen-bond donors (Lipinski definition) is 1. The van der Waals surface area contributed by atoms with Gasteiger partial charge in [0.25, 0.3) is 0 Å². The summed E-state index contributed by atoms with van der Waals surface area (Å²) in [4.78, 5) is 17.7. The molecule has 9 nitrogen and oxygen atoms in total. The Morgan fingerprint density at radius 3 is 2.40 bits per heavy atom. The van der Waals surface area contributed by atoms with Crippen LogP contribution in [0.3, 0.4) is 0 Å². The van der Waals surface area contributed by atoms with Crippen LogP contribution in [0.5, 0.6) is 5.75 Å². The van der Waals surface area contributed by atoms with Crippen LogP contribution in [0.4, 0.5) is 0 Å². The zero-order chi connectivity index (χ0) is 25.3. The minimum absolute atomic E-state index is 0.0248. The maximum atomic E-state index is 12.9. The zero-order valence-corrected chi connectivity index (χ0v) is 21.8. The Labute approximate surface area is 206 Å². The molecule has 1 saturated heterocycles. The molecule has 1 aliphatic heterocycles. The van der Waals surface area contributed by atoms with Gasteiger partial charge in [-0.3, -0.25) is 9.48 Å². The fourth-order valence-corrected chi connectivity index (χ4v) is 6.38. The van der Waals surface area contributed by atoms with E-state index in [0.717, 1.165) is 33.5 Å². The first-order valence-corrected chi connectivity index (χ1v) is 13.3. The van der Waals surface area contributed by atoms with Gasteiger partial charge in [0.05, 0.1) is 17.7 Å². The average molecular weight is 500 g/mol. The highest BCUT2D eigenvalue weighted by molar-refractivity contribution is 7.89. The summed E-state index contributed by atoms with van der Waals surface area (Å²) in [5.41, 5.74) is 4.94. The van der Waals surface area contributed by atoms with Crippen LogP contribution in [0.25, 0.3) is 11.0 Å². The van der Waals surface area contributed by atoms with E-state index in [0.29, 0.717) is 44.5 Å².